The average molecular weight is 239 g/mol. The third-order valence-corrected chi connectivity index (χ3v) is 4.49. The highest BCUT2D eigenvalue weighted by atomic mass is 16.4. The van der Waals surface area contributed by atoms with Gasteiger partial charge in [-0.05, 0) is 56.3 Å². The Balaban J connectivity index is 0.000000239. The van der Waals surface area contributed by atoms with Crippen molar-refractivity contribution in [1.82, 2.24) is 0 Å². The smallest absolute Gasteiger partial charge is 0.309 e. The molecule has 4 bridgehead atoms. The van der Waals surface area contributed by atoms with E-state index in [-0.39, 0.29) is 11.3 Å². The minimum atomic E-state index is -0.508. The van der Waals surface area contributed by atoms with Crippen molar-refractivity contribution in [3.8, 4) is 0 Å². The van der Waals surface area contributed by atoms with E-state index >= 15 is 0 Å². The molecule has 0 aromatic heterocycles. The monoisotopic (exact) mass is 239 g/mol. The van der Waals surface area contributed by atoms with Gasteiger partial charge in [-0.15, -0.1) is 0 Å². The van der Waals surface area contributed by atoms with Crippen molar-refractivity contribution in [2.45, 2.75) is 45.4 Å². The maximum atomic E-state index is 11.3. The van der Waals surface area contributed by atoms with Gasteiger partial charge in [-0.25, -0.2) is 0 Å². The topological polar surface area (TPSA) is 80.4 Å². The third kappa shape index (κ3) is 2.45. The van der Waals surface area contributed by atoms with Gasteiger partial charge in [0.15, 0.2) is 0 Å². The number of carboxylic acids is 1. The summed E-state index contributed by atoms with van der Waals surface area (Å²) in [5.74, 6) is 1.42. The third-order valence-electron chi connectivity index (χ3n) is 4.49. The first-order valence-corrected chi connectivity index (χ1v) is 6.41. The minimum Gasteiger partial charge on any atom is -0.481 e. The number of aliphatic carboxylic acids is 1. The summed E-state index contributed by atoms with van der Waals surface area (Å²) in [5.41, 5.74) is 4.19. The zero-order valence-electron chi connectivity index (χ0n) is 10.3. The number of hydrogen-bond donors (Lipinski definition) is 2. The van der Waals surface area contributed by atoms with Crippen LogP contribution in [0.25, 0.3) is 0 Å². The molecule has 0 atom stereocenters. The van der Waals surface area contributed by atoms with E-state index < -0.39 is 5.97 Å². The van der Waals surface area contributed by atoms with Crippen molar-refractivity contribution >= 4 is 11.9 Å². The molecule has 4 fully saturated rings. The number of carbonyl (C=O) groups excluding carboxylic acids is 1. The fraction of sp³-hybridized carbons (Fsp3) is 0.846. The number of carbonyl (C=O) groups is 2. The van der Waals surface area contributed by atoms with Gasteiger partial charge >= 0.3 is 5.97 Å². The average Bonchev–Trinajstić information content (AvgIpc) is 2.13. The second-order valence-corrected chi connectivity index (χ2v) is 6.11. The summed E-state index contributed by atoms with van der Waals surface area (Å²) in [6.45, 7) is 1.31. The molecular formula is C13H21NO3. The molecule has 0 aliphatic heterocycles. The van der Waals surface area contributed by atoms with E-state index in [1.807, 2.05) is 0 Å². The summed E-state index contributed by atoms with van der Waals surface area (Å²) in [7, 11) is 0. The van der Waals surface area contributed by atoms with E-state index in [0.717, 1.165) is 37.0 Å². The van der Waals surface area contributed by atoms with Gasteiger partial charge in [0.2, 0.25) is 5.91 Å². The Kier molecular flexibility index (Phi) is 3.15. The molecule has 4 saturated carbocycles. The highest BCUT2D eigenvalue weighted by Crippen LogP contribution is 2.59. The molecule has 4 rings (SSSR count). The zero-order valence-corrected chi connectivity index (χ0v) is 10.3. The van der Waals surface area contributed by atoms with Crippen molar-refractivity contribution in [1.29, 1.82) is 0 Å². The van der Waals surface area contributed by atoms with Gasteiger partial charge < -0.3 is 10.8 Å². The lowest BCUT2D eigenvalue weighted by atomic mass is 9.49. The van der Waals surface area contributed by atoms with E-state index in [2.05, 4.69) is 5.73 Å². The molecule has 0 aromatic rings. The van der Waals surface area contributed by atoms with Gasteiger partial charge in [0, 0.05) is 6.92 Å². The van der Waals surface area contributed by atoms with E-state index in [1.54, 1.807) is 0 Å². The maximum Gasteiger partial charge on any atom is 0.309 e. The van der Waals surface area contributed by atoms with Gasteiger partial charge in [-0.1, -0.05) is 0 Å². The van der Waals surface area contributed by atoms with Crippen LogP contribution in [-0.2, 0) is 9.59 Å². The molecule has 0 aromatic carbocycles. The Morgan fingerprint density at radius 3 is 1.59 bits per heavy atom. The normalized spacial score (nSPS) is 41.6. The van der Waals surface area contributed by atoms with Crippen molar-refractivity contribution < 1.29 is 14.7 Å². The van der Waals surface area contributed by atoms with Crippen LogP contribution in [0.2, 0.25) is 0 Å². The van der Waals surface area contributed by atoms with Crippen LogP contribution in [0.4, 0.5) is 0 Å². The van der Waals surface area contributed by atoms with Crippen molar-refractivity contribution in [3.63, 3.8) is 0 Å². The second kappa shape index (κ2) is 4.31. The first-order valence-electron chi connectivity index (χ1n) is 6.41. The SMILES string of the molecule is CC(N)=O.O=C(O)C12CC3CC(CC(C3)C1)C2. The zero-order chi connectivity index (χ0) is 12.6. The first-order chi connectivity index (χ1) is 7.91. The van der Waals surface area contributed by atoms with Crippen molar-refractivity contribution in [3.05, 3.63) is 0 Å². The first kappa shape index (κ1) is 12.4. The van der Waals surface area contributed by atoms with Gasteiger partial charge in [-0.3, -0.25) is 9.59 Å². The van der Waals surface area contributed by atoms with Gasteiger partial charge in [0.25, 0.3) is 0 Å². The van der Waals surface area contributed by atoms with Gasteiger partial charge in [0.05, 0.1) is 5.41 Å². The van der Waals surface area contributed by atoms with Crippen molar-refractivity contribution in [2.24, 2.45) is 28.9 Å². The van der Waals surface area contributed by atoms with Gasteiger partial charge in [-0.2, -0.15) is 0 Å². The van der Waals surface area contributed by atoms with E-state index in [4.69, 9.17) is 0 Å². The van der Waals surface area contributed by atoms with Crippen molar-refractivity contribution in [2.75, 3.05) is 0 Å². The Hall–Kier alpha value is -1.06. The van der Waals surface area contributed by atoms with E-state index in [1.165, 1.54) is 26.2 Å². The van der Waals surface area contributed by atoms with E-state index in [0.29, 0.717) is 0 Å². The van der Waals surface area contributed by atoms with E-state index in [9.17, 15) is 14.7 Å². The Labute approximate surface area is 102 Å². The highest BCUT2D eigenvalue weighted by molar-refractivity contribution is 5.75. The quantitative estimate of drug-likeness (QED) is 0.732. The molecule has 1 amide bonds. The number of hydrogen-bond acceptors (Lipinski definition) is 2. The number of nitrogens with two attached hydrogens (primary N) is 1. The molecule has 4 aliphatic rings. The molecule has 3 N–H and O–H groups in total. The second-order valence-electron chi connectivity index (χ2n) is 6.11. The molecule has 0 heterocycles. The number of carboxylic acid groups (broad SMARTS) is 1. The standard InChI is InChI=1S/C11H16O2.C2H5NO/c12-10(13)11-4-7-1-8(5-11)3-9(2-7)6-11;1-2(3)4/h7-9H,1-6H2,(H,12,13);1H3,(H2,3,4). The summed E-state index contributed by atoms with van der Waals surface area (Å²) in [6.07, 6.45) is 6.92. The summed E-state index contributed by atoms with van der Waals surface area (Å²) in [5, 5.41) is 9.28. The molecule has 17 heavy (non-hydrogen) atoms. The fourth-order valence-electron chi connectivity index (χ4n) is 4.37. The molecule has 96 valence electrons. The summed E-state index contributed by atoms with van der Waals surface area (Å²) in [4.78, 5) is 20.5. The molecule has 4 aliphatic carbocycles. The summed E-state index contributed by atoms with van der Waals surface area (Å²) < 4.78 is 0. The van der Waals surface area contributed by atoms with Gasteiger partial charge in [0.1, 0.15) is 0 Å². The molecule has 4 nitrogen and oxygen atoms in total. The largest absolute Gasteiger partial charge is 0.481 e. The highest BCUT2D eigenvalue weighted by Gasteiger charge is 2.54. The molecular weight excluding hydrogens is 218 g/mol. The molecule has 0 radical (unpaired) electrons. The fourth-order valence-corrected chi connectivity index (χ4v) is 4.37. The van der Waals surface area contributed by atoms with Crippen LogP contribution in [0.1, 0.15) is 45.4 Å². The van der Waals surface area contributed by atoms with Crippen LogP contribution in [-0.4, -0.2) is 17.0 Å². The Morgan fingerprint density at radius 2 is 1.35 bits per heavy atom. The summed E-state index contributed by atoms with van der Waals surface area (Å²) >= 11 is 0. The van der Waals surface area contributed by atoms with Crippen LogP contribution in [0.5, 0.6) is 0 Å². The Morgan fingerprint density at radius 1 is 1.06 bits per heavy atom. The van der Waals surface area contributed by atoms with Crippen LogP contribution in [0.15, 0.2) is 0 Å². The number of primary amides is 1. The van der Waals surface area contributed by atoms with Crippen LogP contribution < -0.4 is 5.73 Å². The predicted octanol–water partition coefficient (Wildman–Crippen LogP) is 1.78. The lowest BCUT2D eigenvalue weighted by Crippen LogP contribution is -2.49. The van der Waals surface area contributed by atoms with Crippen LogP contribution in [0.3, 0.4) is 0 Å². The lowest BCUT2D eigenvalue weighted by Gasteiger charge is -2.54. The molecule has 0 spiro atoms. The summed E-state index contributed by atoms with van der Waals surface area (Å²) in [6, 6.07) is 0. The molecule has 0 saturated heterocycles. The van der Waals surface area contributed by atoms with Crippen LogP contribution in [0, 0.1) is 23.2 Å². The number of rotatable bonds is 1. The maximum absolute atomic E-state index is 11.3. The Bertz CT molecular complexity index is 298. The van der Waals surface area contributed by atoms with Crippen LogP contribution >= 0.6 is 0 Å². The molecule has 0 unspecified atom stereocenters. The lowest BCUT2D eigenvalue weighted by molar-refractivity contribution is -0.164. The predicted molar refractivity (Wildman–Crippen MR) is 63.1 cm³/mol. The molecule has 4 heteroatoms. The number of amides is 1. The minimum absolute atomic E-state index is 0.283.